The van der Waals surface area contributed by atoms with Gasteiger partial charge in [-0.2, -0.15) is 0 Å². The van der Waals surface area contributed by atoms with Crippen molar-refractivity contribution in [3.63, 3.8) is 0 Å². The molecule has 0 fully saturated rings. The lowest BCUT2D eigenvalue weighted by Crippen LogP contribution is -1.86. The smallest absolute Gasteiger partial charge is 0.0315 e. The van der Waals surface area contributed by atoms with Gasteiger partial charge in [0.1, 0.15) is 0 Å². The lowest BCUT2D eigenvalue weighted by molar-refractivity contribution is 1.67. The molecule has 0 aliphatic heterocycles. The number of anilines is 6. The Morgan fingerprint density at radius 3 is 0.417 bits per heavy atom. The van der Waals surface area contributed by atoms with E-state index in [1.54, 1.807) is 72.8 Å². The minimum absolute atomic E-state index is 0.749. The molecule has 0 amide bonds. The Labute approximate surface area is 142 Å². The Morgan fingerprint density at radius 2 is 0.333 bits per heavy atom. The second-order valence-corrected chi connectivity index (χ2v) is 5.00. The lowest BCUT2D eigenvalue weighted by Gasteiger charge is -1.90. The Morgan fingerprint density at radius 1 is 0.250 bits per heavy atom. The van der Waals surface area contributed by atoms with Crippen molar-refractivity contribution in [2.75, 3.05) is 34.4 Å². The maximum atomic E-state index is 5.37. The molecule has 6 nitrogen and oxygen atoms in total. The van der Waals surface area contributed by atoms with Crippen molar-refractivity contribution < 1.29 is 0 Å². The molecule has 0 heterocycles. The molecule has 0 atom stereocenters. The number of hydrogen-bond acceptors (Lipinski definition) is 6. The summed E-state index contributed by atoms with van der Waals surface area (Å²) in [5, 5.41) is 0. The number of nitrogens with two attached hydrogens (primary N) is 6. The van der Waals surface area contributed by atoms with Gasteiger partial charge < -0.3 is 34.4 Å². The van der Waals surface area contributed by atoms with Gasteiger partial charge in [-0.15, -0.1) is 0 Å². The van der Waals surface area contributed by atoms with Crippen LogP contribution in [0.15, 0.2) is 72.8 Å². The zero-order valence-electron chi connectivity index (χ0n) is 13.4. The van der Waals surface area contributed by atoms with E-state index >= 15 is 0 Å². The second-order valence-electron chi connectivity index (χ2n) is 5.00. The molecule has 3 rings (SSSR count). The molecule has 0 radical (unpaired) electrons. The molecule has 0 saturated heterocycles. The highest BCUT2D eigenvalue weighted by atomic mass is 14.6. The highest BCUT2D eigenvalue weighted by molar-refractivity contribution is 5.49. The summed E-state index contributed by atoms with van der Waals surface area (Å²) in [5.41, 5.74) is 36.7. The number of benzene rings is 3. The topological polar surface area (TPSA) is 156 Å². The first-order chi connectivity index (χ1) is 11.4. The number of nitrogen functional groups attached to an aromatic ring is 6. The molecular weight excluding hydrogens is 300 g/mol. The van der Waals surface area contributed by atoms with Crippen LogP contribution in [0.3, 0.4) is 0 Å². The van der Waals surface area contributed by atoms with E-state index in [1.165, 1.54) is 0 Å². The first kappa shape index (κ1) is 18.5. The fourth-order valence-electron chi connectivity index (χ4n) is 1.49. The number of rotatable bonds is 0. The molecule has 3 aromatic rings. The van der Waals surface area contributed by atoms with Gasteiger partial charge >= 0.3 is 0 Å². The van der Waals surface area contributed by atoms with Crippen molar-refractivity contribution in [3.05, 3.63) is 72.8 Å². The molecular formula is C18H24N6. The summed E-state index contributed by atoms with van der Waals surface area (Å²) in [6.07, 6.45) is 0. The van der Waals surface area contributed by atoms with Crippen molar-refractivity contribution in [1.29, 1.82) is 0 Å². The minimum Gasteiger partial charge on any atom is -0.399 e. The van der Waals surface area contributed by atoms with Gasteiger partial charge in [-0.05, 0) is 72.8 Å². The monoisotopic (exact) mass is 324 g/mol. The standard InChI is InChI=1S/3C6H8N2/c3*7-5-1-2-6(8)4-3-5/h3*1-4H,7-8H2. The van der Waals surface area contributed by atoms with Crippen LogP contribution in [-0.2, 0) is 0 Å². The van der Waals surface area contributed by atoms with Crippen LogP contribution in [0.5, 0.6) is 0 Å². The molecule has 0 bridgehead atoms. The average Bonchev–Trinajstić information content (AvgIpc) is 2.57. The first-order valence-electron chi connectivity index (χ1n) is 7.20. The van der Waals surface area contributed by atoms with E-state index in [0.29, 0.717) is 0 Å². The summed E-state index contributed by atoms with van der Waals surface area (Å²) in [6, 6.07) is 21.3. The van der Waals surface area contributed by atoms with Crippen LogP contribution in [0.25, 0.3) is 0 Å². The van der Waals surface area contributed by atoms with E-state index in [1.807, 2.05) is 0 Å². The highest BCUT2D eigenvalue weighted by Gasteiger charge is 1.82. The maximum absolute atomic E-state index is 5.37. The van der Waals surface area contributed by atoms with Crippen LogP contribution in [0.1, 0.15) is 0 Å². The van der Waals surface area contributed by atoms with Crippen LogP contribution < -0.4 is 34.4 Å². The lowest BCUT2D eigenvalue weighted by atomic mass is 10.3. The van der Waals surface area contributed by atoms with E-state index in [-0.39, 0.29) is 0 Å². The normalized spacial score (nSPS) is 9.00. The van der Waals surface area contributed by atoms with Crippen molar-refractivity contribution in [3.8, 4) is 0 Å². The van der Waals surface area contributed by atoms with Gasteiger partial charge in [0.25, 0.3) is 0 Å². The summed E-state index contributed by atoms with van der Waals surface area (Å²) in [7, 11) is 0. The van der Waals surface area contributed by atoms with Gasteiger partial charge in [-0.25, -0.2) is 0 Å². The molecule has 126 valence electrons. The van der Waals surface area contributed by atoms with Gasteiger partial charge in [-0.1, -0.05) is 0 Å². The van der Waals surface area contributed by atoms with Crippen molar-refractivity contribution >= 4 is 34.1 Å². The third kappa shape index (κ3) is 8.04. The Kier molecular flexibility index (Phi) is 7.30. The van der Waals surface area contributed by atoms with Crippen molar-refractivity contribution in [1.82, 2.24) is 0 Å². The summed E-state index contributed by atoms with van der Waals surface area (Å²) in [5.74, 6) is 0. The summed E-state index contributed by atoms with van der Waals surface area (Å²) < 4.78 is 0. The van der Waals surface area contributed by atoms with Crippen LogP contribution in [-0.4, -0.2) is 0 Å². The van der Waals surface area contributed by atoms with E-state index in [4.69, 9.17) is 34.4 Å². The summed E-state index contributed by atoms with van der Waals surface area (Å²) in [4.78, 5) is 0. The molecule has 12 N–H and O–H groups in total. The summed E-state index contributed by atoms with van der Waals surface area (Å²) in [6.45, 7) is 0. The third-order valence-corrected chi connectivity index (χ3v) is 2.81. The predicted molar refractivity (Wildman–Crippen MR) is 106 cm³/mol. The molecule has 0 aliphatic carbocycles. The molecule has 0 unspecified atom stereocenters. The zero-order valence-corrected chi connectivity index (χ0v) is 13.4. The minimum atomic E-state index is 0.749. The molecule has 3 aromatic carbocycles. The largest absolute Gasteiger partial charge is 0.399 e. The predicted octanol–water partition coefficient (Wildman–Crippen LogP) is 2.55. The quantitative estimate of drug-likeness (QED) is 0.349. The van der Waals surface area contributed by atoms with E-state index in [9.17, 15) is 0 Å². The fraction of sp³-hybridized carbons (Fsp3) is 0. The fourth-order valence-corrected chi connectivity index (χ4v) is 1.49. The van der Waals surface area contributed by atoms with Gasteiger partial charge in [0.2, 0.25) is 0 Å². The molecule has 0 spiro atoms. The SMILES string of the molecule is Nc1ccc(N)cc1.Nc1ccc(N)cc1.Nc1ccc(N)cc1. The average molecular weight is 324 g/mol. The second kappa shape index (κ2) is 9.47. The summed E-state index contributed by atoms with van der Waals surface area (Å²) >= 11 is 0. The molecule has 0 aromatic heterocycles. The van der Waals surface area contributed by atoms with Gasteiger partial charge in [0.05, 0.1) is 0 Å². The Balaban J connectivity index is 0.000000180. The van der Waals surface area contributed by atoms with Gasteiger partial charge in [-0.3, -0.25) is 0 Å². The Bertz CT molecular complexity index is 540. The van der Waals surface area contributed by atoms with Crippen molar-refractivity contribution in [2.24, 2.45) is 0 Å². The first-order valence-corrected chi connectivity index (χ1v) is 7.20. The molecule has 0 aliphatic rings. The van der Waals surface area contributed by atoms with E-state index in [0.717, 1.165) is 34.1 Å². The van der Waals surface area contributed by atoms with Gasteiger partial charge in [0.15, 0.2) is 0 Å². The zero-order chi connectivity index (χ0) is 17.9. The van der Waals surface area contributed by atoms with Crippen LogP contribution in [0.4, 0.5) is 34.1 Å². The van der Waals surface area contributed by atoms with Crippen molar-refractivity contribution in [2.45, 2.75) is 0 Å². The van der Waals surface area contributed by atoms with E-state index < -0.39 is 0 Å². The van der Waals surface area contributed by atoms with Crippen LogP contribution in [0, 0.1) is 0 Å². The van der Waals surface area contributed by atoms with E-state index in [2.05, 4.69) is 0 Å². The van der Waals surface area contributed by atoms with Crippen LogP contribution >= 0.6 is 0 Å². The molecule has 24 heavy (non-hydrogen) atoms. The highest BCUT2D eigenvalue weighted by Crippen LogP contribution is 2.06. The maximum Gasteiger partial charge on any atom is 0.0315 e. The van der Waals surface area contributed by atoms with Gasteiger partial charge in [0, 0.05) is 34.1 Å². The molecule has 6 heteroatoms. The van der Waals surface area contributed by atoms with Crippen LogP contribution in [0.2, 0.25) is 0 Å². The third-order valence-electron chi connectivity index (χ3n) is 2.81. The Hall–Kier alpha value is -3.54. The number of hydrogen-bond donors (Lipinski definition) is 6. The molecule has 0 saturated carbocycles.